The van der Waals surface area contributed by atoms with Crippen molar-refractivity contribution >= 4 is 5.78 Å². The van der Waals surface area contributed by atoms with Crippen LogP contribution in [-0.4, -0.2) is 17.0 Å². The molecule has 0 fully saturated rings. The summed E-state index contributed by atoms with van der Waals surface area (Å²) in [5.74, 6) is 0.807. The summed E-state index contributed by atoms with van der Waals surface area (Å²) >= 11 is 0. The Morgan fingerprint density at radius 1 is 0.683 bits per heavy atom. The average molecular weight is 815 g/mol. The van der Waals surface area contributed by atoms with Gasteiger partial charge < -0.3 is 5.11 Å². The lowest BCUT2D eigenvalue weighted by Gasteiger charge is -2.40. The summed E-state index contributed by atoms with van der Waals surface area (Å²) in [7, 11) is 0. The normalized spacial score (nSPS) is 22.4. The Kier molecular flexibility index (Phi) is 25.1. The summed E-state index contributed by atoms with van der Waals surface area (Å²) in [6.45, 7) is 24.2. The molecule has 0 bridgehead atoms. The molecule has 0 saturated carbocycles. The molecule has 0 amide bonds. The van der Waals surface area contributed by atoms with Gasteiger partial charge in [0, 0.05) is 18.3 Å². The van der Waals surface area contributed by atoms with E-state index in [-0.39, 0.29) is 22.9 Å². The highest BCUT2D eigenvalue weighted by molar-refractivity contribution is 5.83. The van der Waals surface area contributed by atoms with Gasteiger partial charge in [0.1, 0.15) is 5.78 Å². The van der Waals surface area contributed by atoms with E-state index in [4.69, 9.17) is 0 Å². The van der Waals surface area contributed by atoms with Crippen LogP contribution in [0.4, 0.5) is 0 Å². The molecule has 1 N–H and O–H groups in total. The van der Waals surface area contributed by atoms with Gasteiger partial charge in [0.15, 0.2) is 0 Å². The molecule has 0 saturated heterocycles. The third-order valence-corrected chi connectivity index (χ3v) is 12.1. The van der Waals surface area contributed by atoms with Crippen molar-refractivity contribution < 1.29 is 9.90 Å². The van der Waals surface area contributed by atoms with E-state index in [1.165, 1.54) is 90.4 Å². The maximum absolute atomic E-state index is 13.3. The van der Waals surface area contributed by atoms with Crippen LogP contribution in [0.5, 0.6) is 0 Å². The first-order valence-electron chi connectivity index (χ1n) is 23.5. The second-order valence-corrected chi connectivity index (χ2v) is 19.2. The molecule has 0 aromatic rings. The largest absolute Gasteiger partial charge is 0.393 e. The molecule has 0 heterocycles. The van der Waals surface area contributed by atoms with Crippen LogP contribution in [0.15, 0.2) is 154 Å². The lowest BCUT2D eigenvalue weighted by molar-refractivity contribution is -0.122. The Balaban J connectivity index is 1.77. The topological polar surface area (TPSA) is 37.3 Å². The van der Waals surface area contributed by atoms with Crippen molar-refractivity contribution in [3.63, 3.8) is 0 Å². The molecule has 0 aliphatic heterocycles. The minimum Gasteiger partial charge on any atom is -0.393 e. The highest BCUT2D eigenvalue weighted by Gasteiger charge is 2.37. The van der Waals surface area contributed by atoms with Gasteiger partial charge in [0.05, 0.1) is 6.10 Å². The van der Waals surface area contributed by atoms with Crippen LogP contribution in [0, 0.1) is 22.7 Å². The maximum Gasteiger partial charge on any atom is 0.139 e. The first-order chi connectivity index (χ1) is 28.6. The zero-order chi connectivity index (χ0) is 44.4. The fraction of sp³-hybridized carbons (Fsp3) is 0.534. The van der Waals surface area contributed by atoms with Crippen LogP contribution in [0.2, 0.25) is 0 Å². The highest BCUT2D eigenvalue weighted by Crippen LogP contribution is 2.45. The maximum atomic E-state index is 13.3. The van der Waals surface area contributed by atoms with Gasteiger partial charge >= 0.3 is 0 Å². The number of aliphatic hydroxyl groups excluding tert-OH is 1. The zero-order valence-corrected chi connectivity index (χ0v) is 40.2. The van der Waals surface area contributed by atoms with Crippen LogP contribution < -0.4 is 0 Å². The second-order valence-electron chi connectivity index (χ2n) is 19.2. The SMILES string of the molecule is CCCCC/C=C\C/C=C\CCCCCCCC(=O)[C@H]1C=C(C)[C@H](/C=C/C(C)=C/C=C/C(C)=C/C=C/C=C(C)/C=C/C=C(C)/C=C/C2=C(C)C[C@@H](O)CC2(C)C)C(C)(C)C1. The van der Waals surface area contributed by atoms with Crippen molar-refractivity contribution in [2.45, 2.75) is 179 Å². The second kappa shape index (κ2) is 28.7. The highest BCUT2D eigenvalue weighted by atomic mass is 16.3. The van der Waals surface area contributed by atoms with Crippen LogP contribution in [0.1, 0.15) is 172 Å². The van der Waals surface area contributed by atoms with Gasteiger partial charge in [-0.25, -0.2) is 0 Å². The standard InChI is InChI=1S/C58H86O2/c1-12-13-14-15-16-17-18-19-20-21-22-23-24-25-26-37-56(60)52-42-50(6)54(57(8,9)44-52)40-38-48(4)35-29-33-46(2)31-27-28-32-47(3)34-30-36-49(5)39-41-55-51(7)43-53(59)45-58(55,10)11/h16-17,19-20,27-36,38-42,52-54,59H,12-15,18,21-26,37,43-45H2,1-11H3/b17-16-,20-19-,28-27+,33-29+,34-30+,40-38+,41-39+,46-31+,47-32+,48-35+,49-36+/t52-,53+,54-/m0/s1. The molecule has 60 heavy (non-hydrogen) atoms. The molecule has 0 unspecified atom stereocenters. The van der Waals surface area contributed by atoms with Crippen LogP contribution in [0.25, 0.3) is 0 Å². The van der Waals surface area contributed by atoms with Gasteiger partial charge in [-0.3, -0.25) is 4.79 Å². The Morgan fingerprint density at radius 3 is 1.80 bits per heavy atom. The van der Waals surface area contributed by atoms with Gasteiger partial charge in [-0.05, 0) is 116 Å². The third kappa shape index (κ3) is 21.7. The van der Waals surface area contributed by atoms with Crippen molar-refractivity contribution in [2.75, 3.05) is 0 Å². The number of ketones is 1. The molecule has 2 aliphatic rings. The first-order valence-corrected chi connectivity index (χ1v) is 23.5. The van der Waals surface area contributed by atoms with E-state index in [2.05, 4.69) is 192 Å². The molecule has 330 valence electrons. The quantitative estimate of drug-likeness (QED) is 0.0566. The minimum atomic E-state index is -0.232. The molecule has 0 radical (unpaired) electrons. The summed E-state index contributed by atoms with van der Waals surface area (Å²) in [5.41, 5.74) is 8.79. The van der Waals surface area contributed by atoms with E-state index in [0.717, 1.165) is 38.5 Å². The van der Waals surface area contributed by atoms with E-state index in [9.17, 15) is 9.90 Å². The molecule has 0 aromatic carbocycles. The molecular weight excluding hydrogens is 729 g/mol. The van der Waals surface area contributed by atoms with Crippen molar-refractivity contribution in [1.82, 2.24) is 0 Å². The van der Waals surface area contributed by atoms with E-state index < -0.39 is 0 Å². The Hall–Kier alpha value is -3.75. The molecule has 0 aromatic heterocycles. The monoisotopic (exact) mass is 815 g/mol. The van der Waals surface area contributed by atoms with Gasteiger partial charge in [-0.2, -0.15) is 0 Å². The van der Waals surface area contributed by atoms with E-state index in [1.807, 2.05) is 0 Å². The summed E-state index contributed by atoms with van der Waals surface area (Å²) in [4.78, 5) is 13.3. The number of Topliss-reactive ketones (excluding diaryl/α,β-unsaturated/α-hetero) is 1. The molecular formula is C58H86O2. The smallest absolute Gasteiger partial charge is 0.139 e. The van der Waals surface area contributed by atoms with E-state index >= 15 is 0 Å². The van der Waals surface area contributed by atoms with Gasteiger partial charge in [-0.1, -0.05) is 216 Å². The molecule has 2 aliphatic carbocycles. The molecule has 2 heteroatoms. The van der Waals surface area contributed by atoms with Crippen LogP contribution >= 0.6 is 0 Å². The lowest BCUT2D eigenvalue weighted by atomic mass is 9.64. The number of allylic oxidation sites excluding steroid dienone is 25. The Labute approximate surface area is 370 Å². The van der Waals surface area contributed by atoms with Crippen LogP contribution in [0.3, 0.4) is 0 Å². The van der Waals surface area contributed by atoms with Crippen molar-refractivity contribution in [2.24, 2.45) is 22.7 Å². The van der Waals surface area contributed by atoms with Gasteiger partial charge in [0.25, 0.3) is 0 Å². The Bertz CT molecular complexity index is 1730. The van der Waals surface area contributed by atoms with Crippen LogP contribution in [-0.2, 0) is 4.79 Å². The molecule has 3 atom stereocenters. The number of aliphatic hydroxyl groups is 1. The predicted octanol–water partition coefficient (Wildman–Crippen LogP) is 17.0. The summed E-state index contributed by atoms with van der Waals surface area (Å²) in [6.07, 6.45) is 58.1. The molecule has 2 nitrogen and oxygen atoms in total. The van der Waals surface area contributed by atoms with Gasteiger partial charge in [0.2, 0.25) is 0 Å². The fourth-order valence-electron chi connectivity index (χ4n) is 8.69. The number of carbonyl (C=O) groups is 1. The number of rotatable bonds is 25. The molecule has 2 rings (SSSR count). The van der Waals surface area contributed by atoms with Crippen molar-refractivity contribution in [3.05, 3.63) is 154 Å². The number of hydrogen-bond acceptors (Lipinski definition) is 2. The first kappa shape index (κ1) is 52.4. The summed E-state index contributed by atoms with van der Waals surface area (Å²) in [6, 6.07) is 0. The van der Waals surface area contributed by atoms with E-state index in [1.54, 1.807) is 0 Å². The molecule has 0 spiro atoms. The van der Waals surface area contributed by atoms with Crippen molar-refractivity contribution in [1.29, 1.82) is 0 Å². The van der Waals surface area contributed by atoms with E-state index in [0.29, 0.717) is 18.1 Å². The minimum absolute atomic E-state index is 0.00214. The fourth-order valence-corrected chi connectivity index (χ4v) is 8.69. The number of carbonyl (C=O) groups excluding carboxylic acids is 1. The third-order valence-electron chi connectivity index (χ3n) is 12.1. The Morgan fingerprint density at radius 2 is 1.22 bits per heavy atom. The zero-order valence-electron chi connectivity index (χ0n) is 40.2. The average Bonchev–Trinajstić information content (AvgIpc) is 3.16. The predicted molar refractivity (Wildman–Crippen MR) is 266 cm³/mol. The van der Waals surface area contributed by atoms with Crippen molar-refractivity contribution in [3.8, 4) is 0 Å². The van der Waals surface area contributed by atoms with Gasteiger partial charge in [-0.15, -0.1) is 0 Å². The summed E-state index contributed by atoms with van der Waals surface area (Å²) < 4.78 is 0. The number of unbranched alkanes of at least 4 members (excludes halogenated alkanes) is 8. The number of hydrogen-bond donors (Lipinski definition) is 1. The summed E-state index contributed by atoms with van der Waals surface area (Å²) in [5, 5.41) is 10.2. The lowest BCUT2D eigenvalue weighted by Crippen LogP contribution is -2.33.